The number of nitrogens with two attached hydrogens (primary N) is 1. The molecule has 18 heavy (non-hydrogen) atoms. The Bertz CT molecular complexity index is 466. The van der Waals surface area contributed by atoms with Gasteiger partial charge in [-0.05, 0) is 6.07 Å². The van der Waals surface area contributed by atoms with Crippen molar-refractivity contribution in [2.45, 2.75) is 6.10 Å². The van der Waals surface area contributed by atoms with E-state index < -0.39 is 17.0 Å². The summed E-state index contributed by atoms with van der Waals surface area (Å²) in [5.74, 6) is -0.475. The van der Waals surface area contributed by atoms with Crippen molar-refractivity contribution in [1.29, 1.82) is 0 Å². The summed E-state index contributed by atoms with van der Waals surface area (Å²) >= 11 is 3.12. The van der Waals surface area contributed by atoms with Gasteiger partial charge in [0.2, 0.25) is 6.10 Å². The standard InChI is InChI=1S/C10H11BrN2O5/c1-17-10(14)9(5-12)18-8-3-6(11)2-7(4-8)13(15)16/h2-4,9H,5,12H2,1H3. The zero-order chi connectivity index (χ0) is 13.7. The predicted molar refractivity (Wildman–Crippen MR) is 66.3 cm³/mol. The van der Waals surface area contributed by atoms with Crippen LogP contribution in [0.2, 0.25) is 0 Å². The zero-order valence-electron chi connectivity index (χ0n) is 9.46. The molecule has 8 heteroatoms. The second-order valence-corrected chi connectivity index (χ2v) is 4.18. The number of ether oxygens (including phenoxy) is 2. The number of halogens is 1. The molecule has 0 spiro atoms. The van der Waals surface area contributed by atoms with E-state index in [2.05, 4.69) is 20.7 Å². The van der Waals surface area contributed by atoms with Crippen LogP contribution in [-0.2, 0) is 9.53 Å². The van der Waals surface area contributed by atoms with Crippen LogP contribution in [0.3, 0.4) is 0 Å². The van der Waals surface area contributed by atoms with Gasteiger partial charge < -0.3 is 15.2 Å². The first-order valence-electron chi connectivity index (χ1n) is 4.87. The van der Waals surface area contributed by atoms with E-state index in [1.165, 1.54) is 25.3 Å². The molecular formula is C10H11BrN2O5. The Morgan fingerprint density at radius 3 is 2.72 bits per heavy atom. The van der Waals surface area contributed by atoms with Crippen LogP contribution < -0.4 is 10.5 Å². The number of carbonyl (C=O) groups excluding carboxylic acids is 1. The summed E-state index contributed by atoms with van der Waals surface area (Å²) in [5.41, 5.74) is 5.21. The van der Waals surface area contributed by atoms with Gasteiger partial charge in [-0.15, -0.1) is 0 Å². The van der Waals surface area contributed by atoms with Crippen molar-refractivity contribution in [1.82, 2.24) is 0 Å². The quantitative estimate of drug-likeness (QED) is 0.497. The molecule has 0 bridgehead atoms. The molecule has 0 amide bonds. The number of nitro groups is 1. The third-order valence-corrected chi connectivity index (χ3v) is 2.48. The number of nitro benzene ring substituents is 1. The molecular weight excluding hydrogens is 308 g/mol. The molecule has 0 radical (unpaired) electrons. The maximum absolute atomic E-state index is 11.3. The van der Waals surface area contributed by atoms with E-state index in [0.29, 0.717) is 4.47 Å². The molecule has 1 unspecified atom stereocenters. The lowest BCUT2D eigenvalue weighted by molar-refractivity contribution is -0.385. The van der Waals surface area contributed by atoms with Crippen molar-refractivity contribution >= 4 is 27.6 Å². The highest BCUT2D eigenvalue weighted by Gasteiger charge is 2.20. The van der Waals surface area contributed by atoms with Crippen molar-refractivity contribution in [3.63, 3.8) is 0 Å². The minimum absolute atomic E-state index is 0.0903. The Morgan fingerprint density at radius 1 is 1.56 bits per heavy atom. The Balaban J connectivity index is 2.96. The molecule has 0 fully saturated rings. The number of non-ortho nitro benzene ring substituents is 1. The molecule has 0 saturated carbocycles. The summed E-state index contributed by atoms with van der Waals surface area (Å²) in [6.07, 6.45) is -0.996. The number of esters is 1. The highest BCUT2D eigenvalue weighted by atomic mass is 79.9. The van der Waals surface area contributed by atoms with Gasteiger partial charge in [0.15, 0.2) is 0 Å². The summed E-state index contributed by atoms with van der Waals surface area (Å²) in [5, 5.41) is 10.7. The zero-order valence-corrected chi connectivity index (χ0v) is 11.0. The summed E-state index contributed by atoms with van der Waals surface area (Å²) < 4.78 is 10.2. The maximum Gasteiger partial charge on any atom is 0.348 e. The van der Waals surface area contributed by atoms with E-state index in [1.54, 1.807) is 0 Å². The fourth-order valence-electron chi connectivity index (χ4n) is 1.21. The summed E-state index contributed by atoms with van der Waals surface area (Å²) in [6.45, 7) is -0.0903. The van der Waals surface area contributed by atoms with Gasteiger partial charge in [-0.1, -0.05) is 15.9 Å². The highest BCUT2D eigenvalue weighted by molar-refractivity contribution is 9.10. The third kappa shape index (κ3) is 3.67. The first-order chi connectivity index (χ1) is 8.47. The molecule has 7 nitrogen and oxygen atoms in total. The number of hydrogen-bond donors (Lipinski definition) is 1. The minimum Gasteiger partial charge on any atom is -0.477 e. The van der Waals surface area contributed by atoms with Crippen molar-refractivity contribution in [2.24, 2.45) is 5.73 Å². The molecule has 0 aliphatic rings. The van der Waals surface area contributed by atoms with E-state index in [9.17, 15) is 14.9 Å². The van der Waals surface area contributed by atoms with E-state index in [0.717, 1.165) is 0 Å². The normalized spacial score (nSPS) is 11.7. The monoisotopic (exact) mass is 318 g/mol. The van der Waals surface area contributed by atoms with Crippen LogP contribution in [0, 0.1) is 10.1 Å². The fraction of sp³-hybridized carbons (Fsp3) is 0.300. The predicted octanol–water partition coefficient (Wildman–Crippen LogP) is 1.24. The molecule has 0 saturated heterocycles. The summed E-state index contributed by atoms with van der Waals surface area (Å²) in [6, 6.07) is 4.03. The van der Waals surface area contributed by atoms with Gasteiger partial charge >= 0.3 is 5.97 Å². The molecule has 98 valence electrons. The van der Waals surface area contributed by atoms with Gasteiger partial charge in [0.05, 0.1) is 18.1 Å². The second kappa shape index (κ2) is 6.31. The maximum atomic E-state index is 11.3. The molecule has 1 rings (SSSR count). The lowest BCUT2D eigenvalue weighted by Crippen LogP contribution is -2.35. The molecule has 0 heterocycles. The molecule has 0 aliphatic heterocycles. The lowest BCUT2D eigenvalue weighted by atomic mass is 10.3. The first kappa shape index (κ1) is 14.4. The average molecular weight is 319 g/mol. The Labute approximate surface area is 111 Å². The molecule has 0 aromatic heterocycles. The first-order valence-corrected chi connectivity index (χ1v) is 5.66. The SMILES string of the molecule is COC(=O)C(CN)Oc1cc(Br)cc([N+](=O)[O-])c1. The minimum atomic E-state index is -0.996. The molecule has 1 aromatic carbocycles. The topological polar surface area (TPSA) is 105 Å². The fourth-order valence-corrected chi connectivity index (χ4v) is 1.67. The largest absolute Gasteiger partial charge is 0.477 e. The van der Waals surface area contributed by atoms with Gasteiger partial charge in [-0.3, -0.25) is 10.1 Å². The third-order valence-electron chi connectivity index (χ3n) is 2.02. The van der Waals surface area contributed by atoms with Crippen LogP contribution in [0.1, 0.15) is 0 Å². The van der Waals surface area contributed by atoms with E-state index in [-0.39, 0.29) is 18.0 Å². The van der Waals surface area contributed by atoms with Crippen LogP contribution in [-0.4, -0.2) is 30.7 Å². The Kier molecular flexibility index (Phi) is 5.05. The Morgan fingerprint density at radius 2 is 2.22 bits per heavy atom. The van der Waals surface area contributed by atoms with Crippen molar-refractivity contribution in [3.05, 3.63) is 32.8 Å². The van der Waals surface area contributed by atoms with Crippen LogP contribution in [0.15, 0.2) is 22.7 Å². The lowest BCUT2D eigenvalue weighted by Gasteiger charge is -2.14. The number of methoxy groups -OCH3 is 1. The summed E-state index contributed by atoms with van der Waals surface area (Å²) in [4.78, 5) is 21.4. The van der Waals surface area contributed by atoms with E-state index >= 15 is 0 Å². The van der Waals surface area contributed by atoms with Crippen LogP contribution in [0.25, 0.3) is 0 Å². The average Bonchev–Trinajstić information content (AvgIpc) is 2.34. The second-order valence-electron chi connectivity index (χ2n) is 3.27. The number of hydrogen-bond acceptors (Lipinski definition) is 6. The van der Waals surface area contributed by atoms with E-state index in [4.69, 9.17) is 10.5 Å². The molecule has 1 atom stereocenters. The van der Waals surface area contributed by atoms with Gasteiger partial charge in [0.1, 0.15) is 5.75 Å². The van der Waals surface area contributed by atoms with Crippen molar-refractivity contribution < 1.29 is 19.2 Å². The smallest absolute Gasteiger partial charge is 0.348 e. The van der Waals surface area contributed by atoms with Crippen LogP contribution >= 0.6 is 15.9 Å². The van der Waals surface area contributed by atoms with Crippen LogP contribution in [0.5, 0.6) is 5.75 Å². The molecule has 0 aliphatic carbocycles. The van der Waals surface area contributed by atoms with Crippen LogP contribution in [0.4, 0.5) is 5.69 Å². The van der Waals surface area contributed by atoms with Gasteiger partial charge in [-0.25, -0.2) is 4.79 Å². The van der Waals surface area contributed by atoms with Crippen molar-refractivity contribution in [3.8, 4) is 5.75 Å². The van der Waals surface area contributed by atoms with Gasteiger partial charge in [0.25, 0.3) is 5.69 Å². The number of carbonyl (C=O) groups is 1. The van der Waals surface area contributed by atoms with Gasteiger partial charge in [0, 0.05) is 17.1 Å². The Hall–Kier alpha value is -1.67. The van der Waals surface area contributed by atoms with Gasteiger partial charge in [-0.2, -0.15) is 0 Å². The highest BCUT2D eigenvalue weighted by Crippen LogP contribution is 2.26. The summed E-state index contributed by atoms with van der Waals surface area (Å²) in [7, 11) is 1.21. The number of benzene rings is 1. The number of nitrogens with zero attached hydrogens (tertiary/aromatic N) is 1. The number of rotatable bonds is 5. The molecule has 1 aromatic rings. The molecule has 2 N–H and O–H groups in total. The van der Waals surface area contributed by atoms with E-state index in [1.807, 2.05) is 0 Å². The van der Waals surface area contributed by atoms with Crippen molar-refractivity contribution in [2.75, 3.05) is 13.7 Å².